The van der Waals surface area contributed by atoms with Crippen LogP contribution >= 0.6 is 0 Å². The van der Waals surface area contributed by atoms with Crippen molar-refractivity contribution in [3.05, 3.63) is 0 Å². The summed E-state index contributed by atoms with van der Waals surface area (Å²) in [6.45, 7) is 13.7. The molecular weight excluding hydrogens is 292 g/mol. The molecule has 0 rings (SSSR count). The Bertz CT molecular complexity index is 429. The first-order valence-corrected chi connectivity index (χ1v) is 11.0. The van der Waals surface area contributed by atoms with Gasteiger partial charge >= 0.3 is 0 Å². The molecular formula is C18H32O3Si. The zero-order valence-electron chi connectivity index (χ0n) is 15.0. The topological polar surface area (TPSA) is 49.7 Å². The summed E-state index contributed by atoms with van der Waals surface area (Å²) in [5.74, 6) is 10.5. The van der Waals surface area contributed by atoms with Crippen molar-refractivity contribution in [3.63, 3.8) is 0 Å². The van der Waals surface area contributed by atoms with Crippen LogP contribution in [0.15, 0.2) is 0 Å². The third-order valence-corrected chi connectivity index (χ3v) is 8.53. The maximum absolute atomic E-state index is 9.76. The third-order valence-electron chi connectivity index (χ3n) is 3.99. The minimum absolute atomic E-state index is 0.209. The second-order valence-electron chi connectivity index (χ2n) is 7.11. The van der Waals surface area contributed by atoms with E-state index < -0.39 is 20.5 Å². The minimum atomic E-state index is -1.70. The summed E-state index contributed by atoms with van der Waals surface area (Å²) in [6.07, 6.45) is 1.62. The highest BCUT2D eigenvalue weighted by Gasteiger charge is 2.36. The Morgan fingerprint density at radius 1 is 1.00 bits per heavy atom. The molecule has 3 nitrogen and oxygen atoms in total. The van der Waals surface area contributed by atoms with Gasteiger partial charge in [-0.3, -0.25) is 0 Å². The number of rotatable bonds is 7. The van der Waals surface area contributed by atoms with Crippen LogP contribution in [0.1, 0.15) is 53.4 Å². The molecule has 0 spiro atoms. The van der Waals surface area contributed by atoms with Crippen molar-refractivity contribution >= 4 is 8.32 Å². The smallest absolute Gasteiger partial charge is 0.191 e. The predicted octanol–water partition coefficient (Wildman–Crippen LogP) is 3.32. The second kappa shape index (κ2) is 10.1. The van der Waals surface area contributed by atoms with Crippen LogP contribution in [0, 0.1) is 23.7 Å². The molecule has 2 atom stereocenters. The average molecular weight is 325 g/mol. The first kappa shape index (κ1) is 21.2. The lowest BCUT2D eigenvalue weighted by Crippen LogP contribution is -2.41. The molecule has 0 aromatic heterocycles. The molecule has 0 saturated carbocycles. The summed E-state index contributed by atoms with van der Waals surface area (Å²) < 4.78 is 6.05. The summed E-state index contributed by atoms with van der Waals surface area (Å²) in [5, 5.41) is 19.4. The van der Waals surface area contributed by atoms with Gasteiger partial charge in [-0.15, -0.1) is 0 Å². The van der Waals surface area contributed by atoms with Crippen LogP contribution in [0.4, 0.5) is 0 Å². The molecule has 0 radical (unpaired) electrons. The Labute approximate surface area is 137 Å². The van der Waals surface area contributed by atoms with E-state index in [2.05, 4.69) is 57.5 Å². The maximum Gasteiger partial charge on any atom is 0.191 e. The van der Waals surface area contributed by atoms with Crippen LogP contribution in [0.2, 0.25) is 18.1 Å². The Hall–Kier alpha value is -0.783. The normalized spacial score (nSPS) is 14.4. The Balaban J connectivity index is 4.05. The molecule has 0 saturated heterocycles. The number of aliphatic hydroxyl groups is 2. The lowest BCUT2D eigenvalue weighted by molar-refractivity contribution is 0.198. The minimum Gasteiger partial charge on any atom is -0.417 e. The van der Waals surface area contributed by atoms with Gasteiger partial charge in [0.1, 0.15) is 12.2 Å². The van der Waals surface area contributed by atoms with E-state index in [0.717, 1.165) is 12.8 Å². The lowest BCUT2D eigenvalue weighted by atomic mass is 10.2. The van der Waals surface area contributed by atoms with E-state index in [9.17, 15) is 10.2 Å². The van der Waals surface area contributed by atoms with Crippen LogP contribution in [-0.4, -0.2) is 37.3 Å². The molecule has 126 valence electrons. The van der Waals surface area contributed by atoms with Crippen LogP contribution in [0.5, 0.6) is 0 Å². The molecule has 4 heteroatoms. The largest absolute Gasteiger partial charge is 0.417 e. The Morgan fingerprint density at radius 2 is 1.50 bits per heavy atom. The third kappa shape index (κ3) is 9.28. The standard InChI is InChI=1S/C18H32O3Si/c1-7-11-16(19)12-8-9-13-17(20)14-10-15-21-22(5,6)18(2,3)4/h16-17,19-20H,7,10-11,14-15H2,1-6H3. The van der Waals surface area contributed by atoms with Gasteiger partial charge in [-0.25, -0.2) is 0 Å². The van der Waals surface area contributed by atoms with Gasteiger partial charge < -0.3 is 14.6 Å². The molecule has 0 heterocycles. The van der Waals surface area contributed by atoms with Crippen molar-refractivity contribution in [1.29, 1.82) is 0 Å². The number of hydrogen-bond donors (Lipinski definition) is 2. The summed E-state index contributed by atoms with van der Waals surface area (Å²) in [5.41, 5.74) is 0. The number of hydrogen-bond acceptors (Lipinski definition) is 3. The highest BCUT2D eigenvalue weighted by Crippen LogP contribution is 2.36. The van der Waals surface area contributed by atoms with E-state index in [1.165, 1.54) is 0 Å². The van der Waals surface area contributed by atoms with Crippen molar-refractivity contribution in [2.24, 2.45) is 0 Å². The van der Waals surface area contributed by atoms with E-state index in [0.29, 0.717) is 19.4 Å². The van der Waals surface area contributed by atoms with Gasteiger partial charge in [0, 0.05) is 6.61 Å². The van der Waals surface area contributed by atoms with Crippen LogP contribution in [-0.2, 0) is 4.43 Å². The lowest BCUT2D eigenvalue weighted by Gasteiger charge is -2.36. The molecule has 0 aliphatic heterocycles. The molecule has 0 fully saturated rings. The SMILES string of the molecule is CCCC(O)C#CC#CC(O)CCCO[Si](C)(C)C(C)(C)C. The fraction of sp³-hybridized carbons (Fsp3) is 0.778. The van der Waals surface area contributed by atoms with Gasteiger partial charge in [0.15, 0.2) is 8.32 Å². The van der Waals surface area contributed by atoms with Crippen LogP contribution in [0.25, 0.3) is 0 Å². The molecule has 0 aliphatic rings. The number of aliphatic hydroxyl groups excluding tert-OH is 2. The Morgan fingerprint density at radius 3 is 1.95 bits per heavy atom. The fourth-order valence-electron chi connectivity index (χ4n) is 1.48. The highest BCUT2D eigenvalue weighted by molar-refractivity contribution is 6.74. The molecule has 0 aliphatic carbocycles. The monoisotopic (exact) mass is 324 g/mol. The fourth-order valence-corrected chi connectivity index (χ4v) is 2.56. The Kier molecular flexibility index (Phi) is 9.72. The van der Waals surface area contributed by atoms with E-state index >= 15 is 0 Å². The summed E-state index contributed by atoms with van der Waals surface area (Å²) in [7, 11) is -1.70. The van der Waals surface area contributed by atoms with Gasteiger partial charge in [0.05, 0.1) is 0 Å². The van der Waals surface area contributed by atoms with Gasteiger partial charge in [-0.2, -0.15) is 0 Å². The van der Waals surface area contributed by atoms with Crippen molar-refractivity contribution in [1.82, 2.24) is 0 Å². The quantitative estimate of drug-likeness (QED) is 0.429. The summed E-state index contributed by atoms with van der Waals surface area (Å²) >= 11 is 0. The predicted molar refractivity (Wildman–Crippen MR) is 94.9 cm³/mol. The first-order chi connectivity index (χ1) is 10.1. The van der Waals surface area contributed by atoms with E-state index in [1.807, 2.05) is 6.92 Å². The maximum atomic E-state index is 9.76. The van der Waals surface area contributed by atoms with Crippen LogP contribution < -0.4 is 0 Å². The van der Waals surface area contributed by atoms with Crippen molar-refractivity contribution in [3.8, 4) is 23.7 Å². The van der Waals surface area contributed by atoms with Gasteiger partial charge in [0.2, 0.25) is 0 Å². The molecule has 22 heavy (non-hydrogen) atoms. The van der Waals surface area contributed by atoms with Crippen molar-refractivity contribution in [2.75, 3.05) is 6.61 Å². The van der Waals surface area contributed by atoms with Gasteiger partial charge in [0.25, 0.3) is 0 Å². The van der Waals surface area contributed by atoms with Gasteiger partial charge in [-0.05, 0) is 49.2 Å². The van der Waals surface area contributed by atoms with E-state index in [4.69, 9.17) is 4.43 Å². The van der Waals surface area contributed by atoms with E-state index in [1.54, 1.807) is 0 Å². The van der Waals surface area contributed by atoms with Crippen LogP contribution in [0.3, 0.4) is 0 Å². The first-order valence-electron chi connectivity index (χ1n) is 8.11. The molecule has 0 aromatic rings. The highest BCUT2D eigenvalue weighted by atomic mass is 28.4. The molecule has 0 aromatic carbocycles. The van der Waals surface area contributed by atoms with E-state index in [-0.39, 0.29) is 5.04 Å². The molecule has 0 bridgehead atoms. The zero-order chi connectivity index (χ0) is 17.2. The summed E-state index contributed by atoms with van der Waals surface area (Å²) in [6, 6.07) is 0. The van der Waals surface area contributed by atoms with Crippen molar-refractivity contribution < 1.29 is 14.6 Å². The molecule has 2 N–H and O–H groups in total. The average Bonchev–Trinajstić information content (AvgIpc) is 2.39. The molecule has 0 amide bonds. The van der Waals surface area contributed by atoms with Crippen molar-refractivity contribution in [2.45, 2.75) is 83.7 Å². The molecule has 2 unspecified atom stereocenters. The van der Waals surface area contributed by atoms with Gasteiger partial charge in [-0.1, -0.05) is 46.0 Å². The second-order valence-corrected chi connectivity index (χ2v) is 11.9. The summed E-state index contributed by atoms with van der Waals surface area (Å²) in [4.78, 5) is 0. The zero-order valence-corrected chi connectivity index (χ0v) is 16.0.